The van der Waals surface area contributed by atoms with Gasteiger partial charge in [-0.25, -0.2) is 14.8 Å². The van der Waals surface area contributed by atoms with E-state index in [-0.39, 0.29) is 29.0 Å². The van der Waals surface area contributed by atoms with Crippen molar-refractivity contribution in [1.29, 1.82) is 0 Å². The highest BCUT2D eigenvalue weighted by atomic mass is 16.5. The molecule has 0 atom stereocenters. The zero-order valence-corrected chi connectivity index (χ0v) is 12.9. The van der Waals surface area contributed by atoms with E-state index in [2.05, 4.69) is 15.3 Å². The van der Waals surface area contributed by atoms with Gasteiger partial charge in [0.2, 0.25) is 5.88 Å². The molecule has 1 aliphatic heterocycles. The molecule has 1 aliphatic carbocycles. The summed E-state index contributed by atoms with van der Waals surface area (Å²) >= 11 is 0. The number of anilines is 1. The van der Waals surface area contributed by atoms with Crippen LogP contribution >= 0.6 is 0 Å². The van der Waals surface area contributed by atoms with Crippen LogP contribution in [-0.4, -0.2) is 35.4 Å². The van der Waals surface area contributed by atoms with Crippen molar-refractivity contribution in [2.45, 2.75) is 18.9 Å². The first-order valence-corrected chi connectivity index (χ1v) is 7.59. The zero-order valence-electron chi connectivity index (χ0n) is 12.9. The predicted octanol–water partition coefficient (Wildman–Crippen LogP) is 3.00. The Morgan fingerprint density at radius 2 is 2.33 bits per heavy atom. The molecule has 7 heteroatoms. The van der Waals surface area contributed by atoms with Crippen LogP contribution in [0.3, 0.4) is 0 Å². The third-order valence-electron chi connectivity index (χ3n) is 3.92. The molecule has 0 radical (unpaired) electrons. The number of aromatic hydroxyl groups is 1. The van der Waals surface area contributed by atoms with Gasteiger partial charge < -0.3 is 19.6 Å². The molecular formula is C17H15N3O4. The lowest BCUT2D eigenvalue weighted by molar-refractivity contribution is 0.0598. The van der Waals surface area contributed by atoms with Gasteiger partial charge in [-0.15, -0.1) is 0 Å². The van der Waals surface area contributed by atoms with Crippen LogP contribution in [0.4, 0.5) is 11.7 Å². The lowest BCUT2D eigenvalue weighted by atomic mass is 10.1. The van der Waals surface area contributed by atoms with E-state index < -0.39 is 5.97 Å². The van der Waals surface area contributed by atoms with Crippen LogP contribution in [-0.2, 0) is 4.74 Å². The highest BCUT2D eigenvalue weighted by molar-refractivity contribution is 6.21. The number of rotatable bonds is 4. The normalized spacial score (nSPS) is 17.1. The Kier molecular flexibility index (Phi) is 3.34. The number of furan rings is 1. The highest BCUT2D eigenvalue weighted by Gasteiger charge is 2.30. The van der Waals surface area contributed by atoms with Crippen molar-refractivity contribution in [3.05, 3.63) is 35.2 Å². The van der Waals surface area contributed by atoms with Crippen LogP contribution in [0.25, 0.3) is 11.6 Å². The number of nitrogens with one attached hydrogen (secondary N) is 1. The average molecular weight is 325 g/mol. The highest BCUT2D eigenvalue weighted by Crippen LogP contribution is 2.39. The molecule has 0 unspecified atom stereocenters. The lowest BCUT2D eigenvalue weighted by Crippen LogP contribution is -2.07. The molecule has 0 spiro atoms. The maximum atomic E-state index is 12.0. The molecule has 0 aromatic carbocycles. The van der Waals surface area contributed by atoms with E-state index in [1.807, 2.05) is 12.1 Å². The van der Waals surface area contributed by atoms with Crippen LogP contribution in [0.2, 0.25) is 0 Å². The third kappa shape index (κ3) is 2.44. The van der Waals surface area contributed by atoms with Gasteiger partial charge >= 0.3 is 5.97 Å². The van der Waals surface area contributed by atoms with Crippen LogP contribution in [0.1, 0.15) is 34.5 Å². The summed E-state index contributed by atoms with van der Waals surface area (Å²) in [6.07, 6.45) is 6.95. The third-order valence-corrected chi connectivity index (χ3v) is 3.92. The number of methoxy groups -OCH3 is 1. The predicted molar refractivity (Wildman–Crippen MR) is 88.6 cm³/mol. The maximum Gasteiger partial charge on any atom is 0.347 e. The summed E-state index contributed by atoms with van der Waals surface area (Å²) in [6.45, 7) is 0. The summed E-state index contributed by atoms with van der Waals surface area (Å²) in [6, 6.07) is 3.95. The maximum absolute atomic E-state index is 12.0. The Balaban J connectivity index is 1.76. The number of hydrogen-bond acceptors (Lipinski definition) is 7. The van der Waals surface area contributed by atoms with Gasteiger partial charge in [0.05, 0.1) is 7.11 Å². The minimum atomic E-state index is -0.647. The minimum absolute atomic E-state index is 0.0117. The Morgan fingerprint density at radius 3 is 3.08 bits per heavy atom. The zero-order chi connectivity index (χ0) is 16.7. The average Bonchev–Trinajstić information content (AvgIpc) is 3.24. The van der Waals surface area contributed by atoms with Crippen molar-refractivity contribution >= 4 is 35.5 Å². The number of ether oxygens (including phenoxy) is 1. The van der Waals surface area contributed by atoms with Gasteiger partial charge in [-0.2, -0.15) is 0 Å². The summed E-state index contributed by atoms with van der Waals surface area (Å²) in [5.74, 6) is 0.125. The van der Waals surface area contributed by atoms with E-state index >= 15 is 0 Å². The van der Waals surface area contributed by atoms with E-state index in [1.165, 1.54) is 7.11 Å². The molecule has 0 saturated heterocycles. The molecule has 2 N–H and O–H groups in total. The van der Waals surface area contributed by atoms with Crippen molar-refractivity contribution in [2.75, 3.05) is 12.4 Å². The van der Waals surface area contributed by atoms with Crippen LogP contribution < -0.4 is 5.32 Å². The topological polar surface area (TPSA) is 97.0 Å². The number of hydrogen-bond donors (Lipinski definition) is 2. The van der Waals surface area contributed by atoms with E-state index in [0.29, 0.717) is 5.82 Å². The molecule has 0 amide bonds. The standard InChI is InChI=1S/C17H15N3O4/c1-23-17(22)13-14(21)12(24-16(13)20-10-4-5-10)7-9-8-19-15-11(9)3-2-6-18-15/h2-3,6-8,10,20-21H,4-5H2,1H3. The van der Waals surface area contributed by atoms with Crippen molar-refractivity contribution in [3.8, 4) is 5.75 Å². The van der Waals surface area contributed by atoms with Crippen LogP contribution in [0.15, 0.2) is 27.7 Å². The van der Waals surface area contributed by atoms with Gasteiger partial charge in [0.25, 0.3) is 0 Å². The number of carbonyl (C=O) groups is 1. The Hall–Kier alpha value is -3.09. The number of carbonyl (C=O) groups excluding carboxylic acids is 1. The van der Waals surface area contributed by atoms with Gasteiger partial charge in [0.15, 0.2) is 22.9 Å². The fourth-order valence-corrected chi connectivity index (χ4v) is 2.53. The van der Waals surface area contributed by atoms with Crippen molar-refractivity contribution in [2.24, 2.45) is 4.99 Å². The molecule has 4 rings (SSSR count). The van der Waals surface area contributed by atoms with Crippen molar-refractivity contribution in [3.63, 3.8) is 0 Å². The molecule has 2 aliphatic rings. The fraction of sp³-hybridized carbons (Fsp3) is 0.235. The first-order valence-electron chi connectivity index (χ1n) is 7.59. The molecule has 1 saturated carbocycles. The number of nitrogens with zero attached hydrogens (tertiary/aromatic N) is 2. The summed E-state index contributed by atoms with van der Waals surface area (Å²) in [4.78, 5) is 20.3. The monoisotopic (exact) mass is 325 g/mol. The summed E-state index contributed by atoms with van der Waals surface area (Å²) in [5.41, 5.74) is 1.60. The second-order valence-electron chi connectivity index (χ2n) is 5.66. The number of aromatic nitrogens is 1. The van der Waals surface area contributed by atoms with Crippen LogP contribution in [0, 0.1) is 0 Å². The smallest absolute Gasteiger partial charge is 0.347 e. The number of allylic oxidation sites excluding steroid dienone is 1. The molecule has 24 heavy (non-hydrogen) atoms. The number of fused-ring (bicyclic) bond motifs is 1. The van der Waals surface area contributed by atoms with E-state index in [1.54, 1.807) is 18.5 Å². The largest absolute Gasteiger partial charge is 0.504 e. The Bertz CT molecular complexity index is 878. The Labute approximate surface area is 137 Å². The van der Waals surface area contributed by atoms with Crippen LogP contribution in [0.5, 0.6) is 5.75 Å². The summed E-state index contributed by atoms with van der Waals surface area (Å²) in [5, 5.41) is 13.5. The van der Waals surface area contributed by atoms with Gasteiger partial charge in [-0.05, 0) is 31.1 Å². The van der Waals surface area contributed by atoms with Crippen molar-refractivity contribution < 1.29 is 19.1 Å². The Morgan fingerprint density at radius 1 is 1.50 bits per heavy atom. The molecule has 3 heterocycles. The first kappa shape index (κ1) is 14.5. The number of esters is 1. The second-order valence-corrected chi connectivity index (χ2v) is 5.66. The number of pyridine rings is 1. The molecule has 1 fully saturated rings. The minimum Gasteiger partial charge on any atom is -0.504 e. The molecular weight excluding hydrogens is 310 g/mol. The van der Waals surface area contributed by atoms with Gasteiger partial charge in [0.1, 0.15) is 0 Å². The molecule has 2 aromatic rings. The van der Waals surface area contributed by atoms with E-state index in [0.717, 1.165) is 24.0 Å². The summed E-state index contributed by atoms with van der Waals surface area (Å²) < 4.78 is 10.4. The van der Waals surface area contributed by atoms with Crippen molar-refractivity contribution in [1.82, 2.24) is 4.98 Å². The fourth-order valence-electron chi connectivity index (χ4n) is 2.53. The lowest BCUT2D eigenvalue weighted by Gasteiger charge is -2.02. The van der Waals surface area contributed by atoms with Gasteiger partial charge in [0, 0.05) is 29.6 Å². The summed E-state index contributed by atoms with van der Waals surface area (Å²) in [7, 11) is 1.26. The quantitative estimate of drug-likeness (QED) is 0.839. The van der Waals surface area contributed by atoms with E-state index in [9.17, 15) is 9.90 Å². The SMILES string of the molecule is COC(=O)c1c(NC2CC2)oc(C=C2C=Nc3ncccc32)c1O. The first-order chi connectivity index (χ1) is 11.7. The second kappa shape index (κ2) is 5.52. The number of aliphatic imine (C=N–C) groups is 1. The molecule has 0 bridgehead atoms. The molecule has 7 nitrogen and oxygen atoms in total. The van der Waals surface area contributed by atoms with Gasteiger partial charge in [-0.1, -0.05) is 0 Å². The molecule has 2 aromatic heterocycles. The molecule has 122 valence electrons. The van der Waals surface area contributed by atoms with E-state index in [4.69, 9.17) is 9.15 Å². The van der Waals surface area contributed by atoms with Gasteiger partial charge in [-0.3, -0.25) is 0 Å².